The first-order valence-corrected chi connectivity index (χ1v) is 10.1. The maximum atomic E-state index is 12.2. The monoisotopic (exact) mass is 383 g/mol. The molecule has 0 unspecified atom stereocenters. The molecule has 0 bridgehead atoms. The Morgan fingerprint density at radius 1 is 1.32 bits per heavy atom. The molecular weight excluding hydrogens is 366 g/mol. The van der Waals surface area contributed by atoms with Gasteiger partial charge in [-0.1, -0.05) is 23.9 Å². The molecule has 10 heteroatoms. The number of imide groups is 1. The molecule has 0 aromatic heterocycles. The first-order chi connectivity index (χ1) is 11.8. The Labute approximate surface area is 149 Å². The van der Waals surface area contributed by atoms with Gasteiger partial charge in [-0.15, -0.1) is 0 Å². The van der Waals surface area contributed by atoms with E-state index in [-0.39, 0.29) is 53.4 Å². The Kier molecular flexibility index (Phi) is 4.85. The summed E-state index contributed by atoms with van der Waals surface area (Å²) >= 11 is 0.955. The zero-order chi connectivity index (χ0) is 18.2. The molecule has 1 N–H and O–H groups in total. The lowest BCUT2D eigenvalue weighted by Crippen LogP contribution is -2.63. The fourth-order valence-electron chi connectivity index (χ4n) is 2.67. The van der Waals surface area contributed by atoms with Gasteiger partial charge in [0.05, 0.1) is 23.2 Å². The van der Waals surface area contributed by atoms with Gasteiger partial charge in [0.2, 0.25) is 21.8 Å². The minimum atomic E-state index is -3.76. The molecular formula is C15H17N3O5S2. The molecule has 0 atom stereocenters. The van der Waals surface area contributed by atoms with Crippen molar-refractivity contribution in [1.29, 1.82) is 0 Å². The SMILES string of the molecule is Cc1cccc(S(=O)(=O)NCC(=O)N2CC(N3C(=O)CSC3=O)C2)c1. The molecule has 2 heterocycles. The van der Waals surface area contributed by atoms with Crippen LogP contribution in [0.2, 0.25) is 0 Å². The molecule has 25 heavy (non-hydrogen) atoms. The highest BCUT2D eigenvalue weighted by Crippen LogP contribution is 2.26. The van der Waals surface area contributed by atoms with Gasteiger partial charge in [0.1, 0.15) is 0 Å². The zero-order valence-corrected chi connectivity index (χ0v) is 15.1. The summed E-state index contributed by atoms with van der Waals surface area (Å²) in [6, 6.07) is 6.08. The first-order valence-electron chi connectivity index (χ1n) is 7.61. The van der Waals surface area contributed by atoms with Gasteiger partial charge >= 0.3 is 0 Å². The number of thioether (sulfide) groups is 1. The highest BCUT2D eigenvalue weighted by Gasteiger charge is 2.43. The van der Waals surface area contributed by atoms with Crippen LogP contribution in [-0.4, -0.2) is 66.7 Å². The third-order valence-corrected chi connectivity index (χ3v) is 6.31. The van der Waals surface area contributed by atoms with Crippen LogP contribution in [0.15, 0.2) is 29.2 Å². The molecule has 3 rings (SSSR count). The van der Waals surface area contributed by atoms with E-state index in [1.54, 1.807) is 19.1 Å². The van der Waals surface area contributed by atoms with Gasteiger partial charge in [-0.2, -0.15) is 0 Å². The van der Waals surface area contributed by atoms with E-state index in [2.05, 4.69) is 4.72 Å². The number of amides is 3. The number of aryl methyl sites for hydroxylation is 1. The van der Waals surface area contributed by atoms with Crippen molar-refractivity contribution >= 4 is 38.8 Å². The normalized spacial score (nSPS) is 18.6. The maximum Gasteiger partial charge on any atom is 0.289 e. The van der Waals surface area contributed by atoms with Gasteiger partial charge in [-0.25, -0.2) is 13.1 Å². The van der Waals surface area contributed by atoms with Crippen molar-refractivity contribution in [2.45, 2.75) is 17.9 Å². The predicted octanol–water partition coefficient (Wildman–Crippen LogP) is 0.180. The number of hydrogen-bond acceptors (Lipinski definition) is 6. The third-order valence-electron chi connectivity index (χ3n) is 4.08. The van der Waals surface area contributed by atoms with Gasteiger partial charge in [-0.3, -0.25) is 19.3 Å². The maximum absolute atomic E-state index is 12.2. The summed E-state index contributed by atoms with van der Waals surface area (Å²) in [5, 5.41) is -0.290. The van der Waals surface area contributed by atoms with Crippen LogP contribution in [0.3, 0.4) is 0 Å². The second-order valence-electron chi connectivity index (χ2n) is 5.91. The fraction of sp³-hybridized carbons (Fsp3) is 0.400. The minimum Gasteiger partial charge on any atom is -0.337 e. The largest absolute Gasteiger partial charge is 0.337 e. The number of sulfonamides is 1. The van der Waals surface area contributed by atoms with Gasteiger partial charge in [-0.05, 0) is 24.6 Å². The molecule has 8 nitrogen and oxygen atoms in total. The summed E-state index contributed by atoms with van der Waals surface area (Å²) in [6.07, 6.45) is 0. The number of carbonyl (C=O) groups is 3. The van der Waals surface area contributed by atoms with E-state index in [0.717, 1.165) is 17.3 Å². The second kappa shape index (κ2) is 6.77. The average Bonchev–Trinajstić information content (AvgIpc) is 2.84. The van der Waals surface area contributed by atoms with Crippen LogP contribution >= 0.6 is 11.8 Å². The fourth-order valence-corrected chi connectivity index (χ4v) is 4.53. The van der Waals surface area contributed by atoms with Crippen LogP contribution in [0.4, 0.5) is 4.79 Å². The van der Waals surface area contributed by atoms with E-state index in [0.29, 0.717) is 0 Å². The molecule has 1 aromatic rings. The average molecular weight is 383 g/mol. The predicted molar refractivity (Wildman–Crippen MR) is 91.4 cm³/mol. The summed E-state index contributed by atoms with van der Waals surface area (Å²) in [7, 11) is -3.76. The van der Waals surface area contributed by atoms with Gasteiger partial charge < -0.3 is 4.90 Å². The van der Waals surface area contributed by atoms with Crippen LogP contribution in [0.25, 0.3) is 0 Å². The highest BCUT2D eigenvalue weighted by atomic mass is 32.2. The van der Waals surface area contributed by atoms with Crippen LogP contribution in [0.1, 0.15) is 5.56 Å². The zero-order valence-electron chi connectivity index (χ0n) is 13.5. The van der Waals surface area contributed by atoms with Crippen molar-refractivity contribution in [3.8, 4) is 0 Å². The van der Waals surface area contributed by atoms with Crippen molar-refractivity contribution in [3.05, 3.63) is 29.8 Å². The van der Waals surface area contributed by atoms with Crippen LogP contribution in [-0.2, 0) is 19.6 Å². The first kappa shape index (κ1) is 17.9. The Hall–Kier alpha value is -1.91. The van der Waals surface area contributed by atoms with Crippen LogP contribution < -0.4 is 4.72 Å². The van der Waals surface area contributed by atoms with Crippen molar-refractivity contribution < 1.29 is 22.8 Å². The number of benzene rings is 1. The van der Waals surface area contributed by atoms with Crippen molar-refractivity contribution in [2.75, 3.05) is 25.4 Å². The number of hydrogen-bond donors (Lipinski definition) is 1. The lowest BCUT2D eigenvalue weighted by Gasteiger charge is -2.42. The van der Waals surface area contributed by atoms with Crippen LogP contribution in [0, 0.1) is 6.92 Å². The molecule has 2 aliphatic heterocycles. The number of nitrogens with zero attached hydrogens (tertiary/aromatic N) is 2. The van der Waals surface area contributed by atoms with Crippen molar-refractivity contribution in [1.82, 2.24) is 14.5 Å². The third kappa shape index (κ3) is 3.70. The molecule has 2 aliphatic rings. The molecule has 134 valence electrons. The van der Waals surface area contributed by atoms with Gasteiger partial charge in [0.15, 0.2) is 0 Å². The molecule has 0 spiro atoms. The summed E-state index contributed by atoms with van der Waals surface area (Å²) in [5.74, 6) is -0.494. The molecule has 3 amide bonds. The summed E-state index contributed by atoms with van der Waals surface area (Å²) < 4.78 is 26.7. The molecule has 0 aliphatic carbocycles. The van der Waals surface area contributed by atoms with E-state index in [4.69, 9.17) is 0 Å². The highest BCUT2D eigenvalue weighted by molar-refractivity contribution is 8.14. The van der Waals surface area contributed by atoms with E-state index in [1.807, 2.05) is 0 Å². The van der Waals surface area contributed by atoms with E-state index < -0.39 is 10.0 Å². The standard InChI is InChI=1S/C15H17N3O5S2/c1-10-3-2-4-12(5-10)25(22,23)16-6-13(19)17-7-11(8-17)18-14(20)9-24-15(18)21/h2-5,11,16H,6-9H2,1H3. The lowest BCUT2D eigenvalue weighted by molar-refractivity contribution is -0.141. The number of rotatable bonds is 5. The number of likely N-dealkylation sites (tertiary alicyclic amines) is 1. The quantitative estimate of drug-likeness (QED) is 0.778. The molecule has 1 aromatic carbocycles. The minimum absolute atomic E-state index is 0.104. The Morgan fingerprint density at radius 3 is 2.64 bits per heavy atom. The number of carbonyl (C=O) groups excluding carboxylic acids is 3. The molecule has 2 saturated heterocycles. The molecule has 2 fully saturated rings. The van der Waals surface area contributed by atoms with Crippen molar-refractivity contribution in [2.24, 2.45) is 0 Å². The Bertz CT molecular complexity index is 817. The second-order valence-corrected chi connectivity index (χ2v) is 8.61. The topological polar surface area (TPSA) is 104 Å². The lowest BCUT2D eigenvalue weighted by atomic mass is 10.1. The van der Waals surface area contributed by atoms with E-state index in [1.165, 1.54) is 21.9 Å². The van der Waals surface area contributed by atoms with E-state index in [9.17, 15) is 22.8 Å². The van der Waals surface area contributed by atoms with E-state index >= 15 is 0 Å². The number of nitrogens with one attached hydrogen (secondary N) is 1. The van der Waals surface area contributed by atoms with Gasteiger partial charge in [0.25, 0.3) is 5.24 Å². The Morgan fingerprint density at radius 2 is 2.04 bits per heavy atom. The summed E-state index contributed by atoms with van der Waals surface area (Å²) in [6.45, 7) is 1.90. The summed E-state index contributed by atoms with van der Waals surface area (Å²) in [5.41, 5.74) is 0.803. The van der Waals surface area contributed by atoms with Crippen molar-refractivity contribution in [3.63, 3.8) is 0 Å². The molecule has 0 radical (unpaired) electrons. The van der Waals surface area contributed by atoms with Crippen LogP contribution in [0.5, 0.6) is 0 Å². The summed E-state index contributed by atoms with van der Waals surface area (Å²) in [4.78, 5) is 38.0. The van der Waals surface area contributed by atoms with Gasteiger partial charge in [0, 0.05) is 13.1 Å². The smallest absolute Gasteiger partial charge is 0.289 e. The Balaban J connectivity index is 1.52. The molecule has 0 saturated carbocycles.